The van der Waals surface area contributed by atoms with E-state index in [-0.39, 0.29) is 5.92 Å². The number of hydrogen-bond acceptors (Lipinski definition) is 5. The maximum atomic E-state index is 12.0. The van der Waals surface area contributed by atoms with Crippen molar-refractivity contribution in [2.45, 2.75) is 30.0 Å². The van der Waals surface area contributed by atoms with Gasteiger partial charge in [-0.2, -0.15) is 10.5 Å². The summed E-state index contributed by atoms with van der Waals surface area (Å²) in [6, 6.07) is 23.1. The highest BCUT2D eigenvalue weighted by atomic mass is 16.5. The lowest BCUT2D eigenvalue weighted by Crippen LogP contribution is -2.48. The number of rotatable bonds is 2. The van der Waals surface area contributed by atoms with Crippen LogP contribution in [0.3, 0.4) is 0 Å². The highest BCUT2D eigenvalue weighted by Gasteiger charge is 2.69. The zero-order valence-corrected chi connectivity index (χ0v) is 15.5. The van der Waals surface area contributed by atoms with Gasteiger partial charge in [-0.3, -0.25) is 4.98 Å². The fourth-order valence-electron chi connectivity index (χ4n) is 4.93. The van der Waals surface area contributed by atoms with Gasteiger partial charge < -0.3 is 9.84 Å². The third-order valence-electron chi connectivity index (χ3n) is 6.19. The van der Waals surface area contributed by atoms with E-state index >= 15 is 0 Å². The lowest BCUT2D eigenvalue weighted by molar-refractivity contribution is -0.107. The standard InChI is InChI=1S/C24H17N3O2/c25-13-16-6-8-19(9-7-16)24-20(18-4-2-1-3-5-18)10-11-23(24,28)22-21(29-24)12-17(14-26)15-27-22/h1-9,12,15,20,28H,10-11H2/t20?,23-,24?/m1/s1. The highest BCUT2D eigenvalue weighted by Crippen LogP contribution is 2.66. The SMILES string of the molecule is N#Cc1ccc(C23Oc4cc(C#N)cnc4[C@]2(O)CCC3c2ccccc2)cc1. The number of nitrogens with zero attached hydrogens (tertiary/aromatic N) is 3. The molecule has 1 aromatic heterocycles. The van der Waals surface area contributed by atoms with Gasteiger partial charge in [-0.05, 0) is 36.1 Å². The molecule has 0 radical (unpaired) electrons. The van der Waals surface area contributed by atoms with Crippen LogP contribution in [0.5, 0.6) is 5.75 Å². The van der Waals surface area contributed by atoms with Gasteiger partial charge in [-0.15, -0.1) is 0 Å². The van der Waals surface area contributed by atoms with Crippen molar-refractivity contribution >= 4 is 0 Å². The third-order valence-corrected chi connectivity index (χ3v) is 6.19. The number of ether oxygens (including phenoxy) is 1. The maximum Gasteiger partial charge on any atom is 0.175 e. The van der Waals surface area contributed by atoms with Gasteiger partial charge in [-0.1, -0.05) is 42.5 Å². The zero-order valence-electron chi connectivity index (χ0n) is 15.5. The smallest absolute Gasteiger partial charge is 0.175 e. The summed E-state index contributed by atoms with van der Waals surface area (Å²) in [5, 5.41) is 30.4. The maximum absolute atomic E-state index is 12.0. The van der Waals surface area contributed by atoms with Crippen LogP contribution < -0.4 is 4.74 Å². The number of aliphatic hydroxyl groups is 1. The summed E-state index contributed by atoms with van der Waals surface area (Å²) in [4.78, 5) is 4.43. The predicted molar refractivity (Wildman–Crippen MR) is 105 cm³/mol. The van der Waals surface area contributed by atoms with E-state index in [1.165, 1.54) is 6.20 Å². The van der Waals surface area contributed by atoms with E-state index in [1.54, 1.807) is 18.2 Å². The number of pyridine rings is 1. The number of aromatic nitrogens is 1. The van der Waals surface area contributed by atoms with Crippen molar-refractivity contribution in [3.05, 3.63) is 94.8 Å². The van der Waals surface area contributed by atoms with Crippen molar-refractivity contribution in [1.82, 2.24) is 4.98 Å². The normalized spacial score (nSPS) is 26.7. The Labute approximate surface area is 168 Å². The van der Waals surface area contributed by atoms with Crippen LogP contribution in [0.25, 0.3) is 0 Å². The Morgan fingerprint density at radius 3 is 2.41 bits per heavy atom. The topological polar surface area (TPSA) is 89.9 Å². The van der Waals surface area contributed by atoms with E-state index in [2.05, 4.69) is 17.1 Å². The Bertz CT molecular complexity index is 1180. The molecule has 0 saturated heterocycles. The Kier molecular flexibility index (Phi) is 3.71. The molecule has 5 nitrogen and oxygen atoms in total. The van der Waals surface area contributed by atoms with Crippen LogP contribution in [-0.4, -0.2) is 10.1 Å². The second kappa shape index (κ2) is 6.17. The molecule has 1 saturated carbocycles. The Hall–Kier alpha value is -3.67. The van der Waals surface area contributed by atoms with Gasteiger partial charge in [0.15, 0.2) is 11.2 Å². The molecule has 1 N–H and O–H groups in total. The number of hydrogen-bond donors (Lipinski definition) is 1. The van der Waals surface area contributed by atoms with E-state index in [1.807, 2.05) is 42.5 Å². The molecule has 1 aliphatic carbocycles. The average Bonchev–Trinajstić information content (AvgIpc) is 3.21. The molecular weight excluding hydrogens is 362 g/mol. The second-order valence-electron chi connectivity index (χ2n) is 7.57. The Morgan fingerprint density at radius 1 is 1.00 bits per heavy atom. The lowest BCUT2D eigenvalue weighted by atomic mass is 9.72. The predicted octanol–water partition coefficient (Wildman–Crippen LogP) is 3.88. The molecule has 0 spiro atoms. The van der Waals surface area contributed by atoms with Crippen molar-refractivity contribution in [3.63, 3.8) is 0 Å². The van der Waals surface area contributed by atoms with E-state index in [0.717, 1.165) is 17.5 Å². The first kappa shape index (κ1) is 17.4. The van der Waals surface area contributed by atoms with Crippen LogP contribution in [0.2, 0.25) is 0 Å². The molecule has 2 heterocycles. The zero-order chi connectivity index (χ0) is 20.1. The molecule has 2 aliphatic rings. The van der Waals surface area contributed by atoms with Crippen molar-refractivity contribution in [1.29, 1.82) is 10.5 Å². The van der Waals surface area contributed by atoms with Gasteiger partial charge in [0.2, 0.25) is 0 Å². The van der Waals surface area contributed by atoms with Gasteiger partial charge in [0.25, 0.3) is 0 Å². The first-order valence-electron chi connectivity index (χ1n) is 9.50. The van der Waals surface area contributed by atoms with Crippen molar-refractivity contribution in [2.75, 3.05) is 0 Å². The molecule has 0 amide bonds. The Balaban J connectivity index is 1.76. The molecule has 2 unspecified atom stereocenters. The molecule has 2 aromatic carbocycles. The first-order valence-corrected chi connectivity index (χ1v) is 9.50. The fourth-order valence-corrected chi connectivity index (χ4v) is 4.93. The van der Waals surface area contributed by atoms with Crippen LogP contribution in [0, 0.1) is 22.7 Å². The monoisotopic (exact) mass is 379 g/mol. The van der Waals surface area contributed by atoms with Crippen molar-refractivity contribution in [3.8, 4) is 17.9 Å². The summed E-state index contributed by atoms with van der Waals surface area (Å²) in [5.41, 5.74) is 0.862. The minimum atomic E-state index is -1.33. The van der Waals surface area contributed by atoms with Gasteiger partial charge in [-0.25, -0.2) is 0 Å². The molecule has 140 valence electrons. The largest absolute Gasteiger partial charge is 0.476 e. The first-order chi connectivity index (χ1) is 14.1. The molecule has 29 heavy (non-hydrogen) atoms. The summed E-state index contributed by atoms with van der Waals surface area (Å²) in [6.07, 6.45) is 2.69. The molecule has 1 aliphatic heterocycles. The van der Waals surface area contributed by atoms with E-state index in [4.69, 9.17) is 4.74 Å². The quantitative estimate of drug-likeness (QED) is 0.730. The number of benzene rings is 2. The second-order valence-corrected chi connectivity index (χ2v) is 7.57. The molecule has 5 heteroatoms. The van der Waals surface area contributed by atoms with Crippen LogP contribution in [0.1, 0.15) is 46.7 Å². The van der Waals surface area contributed by atoms with E-state index in [9.17, 15) is 15.6 Å². The molecule has 3 aromatic rings. The minimum absolute atomic E-state index is 0.110. The highest BCUT2D eigenvalue weighted by molar-refractivity contribution is 5.53. The number of nitriles is 2. The summed E-state index contributed by atoms with van der Waals surface area (Å²) in [7, 11) is 0. The summed E-state index contributed by atoms with van der Waals surface area (Å²) >= 11 is 0. The Morgan fingerprint density at radius 2 is 1.72 bits per heavy atom. The van der Waals surface area contributed by atoms with Crippen LogP contribution in [0.4, 0.5) is 0 Å². The van der Waals surface area contributed by atoms with Gasteiger partial charge in [0.1, 0.15) is 17.5 Å². The summed E-state index contributed by atoms with van der Waals surface area (Å²) in [5.74, 6) is 0.331. The average molecular weight is 379 g/mol. The summed E-state index contributed by atoms with van der Waals surface area (Å²) in [6.45, 7) is 0. The molecule has 5 rings (SSSR count). The van der Waals surface area contributed by atoms with Crippen LogP contribution >= 0.6 is 0 Å². The molecule has 0 bridgehead atoms. The van der Waals surface area contributed by atoms with E-state index in [0.29, 0.717) is 29.0 Å². The van der Waals surface area contributed by atoms with Crippen LogP contribution in [-0.2, 0) is 11.2 Å². The van der Waals surface area contributed by atoms with Crippen LogP contribution in [0.15, 0.2) is 66.9 Å². The summed E-state index contributed by atoms with van der Waals surface area (Å²) < 4.78 is 6.54. The molecule has 3 atom stereocenters. The molecular formula is C24H17N3O2. The molecule has 1 fully saturated rings. The van der Waals surface area contributed by atoms with Crippen molar-refractivity contribution < 1.29 is 9.84 Å². The minimum Gasteiger partial charge on any atom is -0.476 e. The lowest BCUT2D eigenvalue weighted by Gasteiger charge is -2.39. The third kappa shape index (κ3) is 2.26. The number of fused-ring (bicyclic) bond motifs is 3. The van der Waals surface area contributed by atoms with Gasteiger partial charge >= 0.3 is 0 Å². The van der Waals surface area contributed by atoms with Crippen molar-refractivity contribution in [2.24, 2.45) is 0 Å². The fraction of sp³-hybridized carbons (Fsp3) is 0.208. The van der Waals surface area contributed by atoms with Gasteiger partial charge in [0, 0.05) is 18.2 Å². The van der Waals surface area contributed by atoms with Gasteiger partial charge in [0.05, 0.1) is 17.2 Å². The van der Waals surface area contributed by atoms with E-state index < -0.39 is 11.2 Å².